The topological polar surface area (TPSA) is 127 Å². The minimum atomic E-state index is -1.48. The molecule has 0 spiro atoms. The van der Waals surface area contributed by atoms with Crippen LogP contribution in [0.5, 0.6) is 5.75 Å². The molecule has 0 aliphatic carbocycles. The van der Waals surface area contributed by atoms with E-state index in [9.17, 15) is 28.3 Å². The van der Waals surface area contributed by atoms with E-state index in [4.69, 9.17) is 10.5 Å². The van der Waals surface area contributed by atoms with Gasteiger partial charge in [-0.05, 0) is 13.0 Å². The first-order chi connectivity index (χ1) is 14.1. The number of halogens is 2. The van der Waals surface area contributed by atoms with Crippen molar-refractivity contribution in [3.05, 3.63) is 63.1 Å². The average molecular weight is 420 g/mol. The Hall–Kier alpha value is -3.31. The van der Waals surface area contributed by atoms with Crippen molar-refractivity contribution in [1.82, 2.24) is 14.8 Å². The first-order valence-corrected chi connectivity index (χ1v) is 9.07. The smallest absolute Gasteiger partial charge is 0.278 e. The van der Waals surface area contributed by atoms with Crippen LogP contribution < -0.4 is 16.5 Å². The summed E-state index contributed by atoms with van der Waals surface area (Å²) in [4.78, 5) is 39.1. The van der Waals surface area contributed by atoms with E-state index >= 15 is 0 Å². The van der Waals surface area contributed by atoms with Crippen LogP contribution in [0.25, 0.3) is 0 Å². The van der Waals surface area contributed by atoms with Crippen molar-refractivity contribution in [1.29, 1.82) is 0 Å². The molecule has 158 valence electrons. The first kappa shape index (κ1) is 20.0. The molecule has 0 saturated carbocycles. The van der Waals surface area contributed by atoms with Crippen molar-refractivity contribution >= 4 is 11.8 Å². The summed E-state index contributed by atoms with van der Waals surface area (Å²) in [6.45, 7) is 1.46. The number of aromatic nitrogens is 1. The van der Waals surface area contributed by atoms with E-state index in [1.165, 1.54) is 9.47 Å². The molecule has 4 rings (SSSR count). The van der Waals surface area contributed by atoms with E-state index in [0.29, 0.717) is 6.07 Å². The van der Waals surface area contributed by atoms with E-state index in [1.54, 1.807) is 6.92 Å². The number of nitrogens with one attached hydrogen (secondary N) is 1. The third-order valence-corrected chi connectivity index (χ3v) is 5.20. The van der Waals surface area contributed by atoms with Crippen LogP contribution in [-0.2, 0) is 17.8 Å². The van der Waals surface area contributed by atoms with Crippen LogP contribution in [0.2, 0.25) is 0 Å². The molecule has 2 aliphatic heterocycles. The number of hydrogen-bond acceptors (Lipinski definition) is 6. The minimum absolute atomic E-state index is 0.00658. The van der Waals surface area contributed by atoms with Gasteiger partial charge in [0, 0.05) is 24.4 Å². The van der Waals surface area contributed by atoms with Crippen molar-refractivity contribution in [3.63, 3.8) is 0 Å². The number of hydrogen-bond donors (Lipinski definition) is 3. The molecule has 2 amide bonds. The van der Waals surface area contributed by atoms with Crippen molar-refractivity contribution in [2.45, 2.75) is 31.9 Å². The summed E-state index contributed by atoms with van der Waals surface area (Å²) in [5.74, 6) is -5.58. The van der Waals surface area contributed by atoms with Gasteiger partial charge in [0.05, 0.1) is 19.2 Å². The molecule has 0 unspecified atom stereocenters. The summed E-state index contributed by atoms with van der Waals surface area (Å²) in [5, 5.41) is 12.7. The van der Waals surface area contributed by atoms with Crippen molar-refractivity contribution in [2.24, 2.45) is 5.73 Å². The lowest BCUT2D eigenvalue weighted by Gasteiger charge is -2.40. The van der Waals surface area contributed by atoms with Gasteiger partial charge in [0.25, 0.3) is 11.8 Å². The molecule has 1 aromatic carbocycles. The Morgan fingerprint density at radius 1 is 1.40 bits per heavy atom. The number of amides is 2. The Labute approximate surface area is 168 Å². The molecule has 11 heteroatoms. The van der Waals surface area contributed by atoms with Crippen molar-refractivity contribution in [2.75, 3.05) is 6.61 Å². The van der Waals surface area contributed by atoms with Crippen LogP contribution in [0, 0.1) is 11.6 Å². The second kappa shape index (κ2) is 6.89. The number of benzene rings is 1. The zero-order valence-corrected chi connectivity index (χ0v) is 15.8. The Bertz CT molecular complexity index is 1130. The molecule has 1 fully saturated rings. The number of rotatable bonds is 3. The van der Waals surface area contributed by atoms with E-state index < -0.39 is 46.0 Å². The zero-order valence-electron chi connectivity index (χ0n) is 15.8. The van der Waals surface area contributed by atoms with Gasteiger partial charge in [-0.15, -0.1) is 0 Å². The third kappa shape index (κ3) is 3.02. The van der Waals surface area contributed by atoms with Crippen molar-refractivity contribution < 1.29 is 28.2 Å². The Morgan fingerprint density at radius 3 is 2.83 bits per heavy atom. The van der Waals surface area contributed by atoms with Gasteiger partial charge < -0.3 is 19.7 Å². The molecule has 2 atom stereocenters. The molecular weight excluding hydrogens is 402 g/mol. The molecule has 1 saturated heterocycles. The molecule has 2 aromatic rings. The van der Waals surface area contributed by atoms with Gasteiger partial charge in [0.1, 0.15) is 17.2 Å². The highest BCUT2D eigenvalue weighted by Gasteiger charge is 2.51. The Kier molecular flexibility index (Phi) is 4.59. The fraction of sp³-hybridized carbons (Fsp3) is 0.316. The van der Waals surface area contributed by atoms with Crippen LogP contribution in [0.4, 0.5) is 8.78 Å². The first-order valence-electron chi connectivity index (χ1n) is 9.07. The molecule has 0 radical (unpaired) electrons. The summed E-state index contributed by atoms with van der Waals surface area (Å²) in [6, 6.07) is 2.50. The summed E-state index contributed by atoms with van der Waals surface area (Å²) in [6.07, 6.45) is 1.10. The van der Waals surface area contributed by atoms with E-state index in [2.05, 4.69) is 5.32 Å². The molecule has 4 N–H and O–H groups in total. The van der Waals surface area contributed by atoms with E-state index in [1.807, 2.05) is 0 Å². The predicted octanol–water partition coefficient (Wildman–Crippen LogP) is 0.249. The summed E-state index contributed by atoms with van der Waals surface area (Å²) in [7, 11) is 0. The standard InChI is InChI=1S/C19H18F2N4O5/c1-9-7-30-19(22)8-24-6-12(15(26)16(27)14(24)18(29)25(9)19)17(28)23-5-10-2-3-11(20)4-13(10)21/h2-4,6,9,27H,5,7-8,22H2,1H3,(H,23,28)/t9-,19-/m0/s1. The number of carbonyl (C=O) groups excluding carboxylic acids is 2. The summed E-state index contributed by atoms with van der Waals surface area (Å²) < 4.78 is 33.5. The molecular formula is C19H18F2N4O5. The second-order valence-corrected chi connectivity index (χ2v) is 7.30. The fourth-order valence-corrected chi connectivity index (χ4v) is 3.73. The van der Waals surface area contributed by atoms with Crippen LogP contribution in [0.15, 0.2) is 29.2 Å². The number of ether oxygens (including phenoxy) is 1. The molecule has 30 heavy (non-hydrogen) atoms. The van der Waals surface area contributed by atoms with Gasteiger partial charge in [-0.2, -0.15) is 0 Å². The highest BCUT2D eigenvalue weighted by molar-refractivity contribution is 5.99. The molecule has 3 heterocycles. The van der Waals surface area contributed by atoms with Gasteiger partial charge in [0.2, 0.25) is 11.3 Å². The Balaban J connectivity index is 1.65. The van der Waals surface area contributed by atoms with Gasteiger partial charge in [-0.3, -0.25) is 25.0 Å². The monoisotopic (exact) mass is 420 g/mol. The van der Waals surface area contributed by atoms with Gasteiger partial charge in [-0.25, -0.2) is 8.78 Å². The molecule has 2 aliphatic rings. The third-order valence-electron chi connectivity index (χ3n) is 5.20. The van der Waals surface area contributed by atoms with Crippen LogP contribution in [-0.4, -0.2) is 44.9 Å². The summed E-state index contributed by atoms with van der Waals surface area (Å²) in [5.41, 5.74) is 4.37. The van der Waals surface area contributed by atoms with Crippen LogP contribution in [0.3, 0.4) is 0 Å². The second-order valence-electron chi connectivity index (χ2n) is 7.30. The van der Waals surface area contributed by atoms with Crippen LogP contribution >= 0.6 is 0 Å². The molecule has 9 nitrogen and oxygen atoms in total. The van der Waals surface area contributed by atoms with Gasteiger partial charge >= 0.3 is 0 Å². The zero-order chi connectivity index (χ0) is 21.8. The number of nitrogens with two attached hydrogens (primary N) is 1. The largest absolute Gasteiger partial charge is 0.503 e. The molecule has 1 aromatic heterocycles. The number of nitrogens with zero attached hydrogens (tertiary/aromatic N) is 2. The number of carbonyl (C=O) groups is 2. The summed E-state index contributed by atoms with van der Waals surface area (Å²) >= 11 is 0. The maximum atomic E-state index is 13.7. The van der Waals surface area contributed by atoms with E-state index in [0.717, 1.165) is 18.3 Å². The number of fused-ring (bicyclic) bond motifs is 2. The van der Waals surface area contributed by atoms with E-state index in [-0.39, 0.29) is 37.0 Å². The average Bonchev–Trinajstić information content (AvgIpc) is 2.98. The molecule has 0 bridgehead atoms. The normalized spacial score (nSPS) is 22.6. The van der Waals surface area contributed by atoms with Crippen LogP contribution in [0.1, 0.15) is 33.3 Å². The maximum absolute atomic E-state index is 13.7. The Morgan fingerprint density at radius 2 is 2.13 bits per heavy atom. The quantitative estimate of drug-likeness (QED) is 0.653. The lowest BCUT2D eigenvalue weighted by atomic mass is 10.1. The number of aromatic hydroxyl groups is 1. The maximum Gasteiger partial charge on any atom is 0.278 e. The SMILES string of the molecule is C[C@H]1CO[C@]2(N)Cn3cc(C(=O)NCc4ccc(F)cc4F)c(=O)c(O)c3C(=O)N12. The lowest BCUT2D eigenvalue weighted by Crippen LogP contribution is -2.63. The number of pyridine rings is 1. The van der Waals surface area contributed by atoms with Gasteiger partial charge in [-0.1, -0.05) is 6.07 Å². The lowest BCUT2D eigenvalue weighted by molar-refractivity contribution is -0.0850. The van der Waals surface area contributed by atoms with Crippen molar-refractivity contribution in [3.8, 4) is 5.75 Å². The predicted molar refractivity (Wildman–Crippen MR) is 98.4 cm³/mol. The van der Waals surface area contributed by atoms with Gasteiger partial charge in [0.15, 0.2) is 11.4 Å². The minimum Gasteiger partial charge on any atom is -0.503 e. The fourth-order valence-electron chi connectivity index (χ4n) is 3.73. The highest BCUT2D eigenvalue weighted by Crippen LogP contribution is 2.33. The highest BCUT2D eigenvalue weighted by atomic mass is 19.1.